The van der Waals surface area contributed by atoms with Gasteiger partial charge in [0.1, 0.15) is 11.5 Å². The Bertz CT molecular complexity index is 399. The molecule has 2 atom stereocenters. The van der Waals surface area contributed by atoms with Crippen molar-refractivity contribution in [3.63, 3.8) is 0 Å². The minimum atomic E-state index is -0.00579. The number of hydrogen-bond donors (Lipinski definition) is 3. The molecule has 0 aliphatic rings. The van der Waals surface area contributed by atoms with Gasteiger partial charge in [-0.05, 0) is 38.0 Å². The number of methoxy groups -OCH3 is 2. The maximum Gasteiger partial charge on any atom is 0.123 e. The van der Waals surface area contributed by atoms with Gasteiger partial charge in [0.25, 0.3) is 0 Å². The van der Waals surface area contributed by atoms with Crippen LogP contribution in [0, 0.1) is 0 Å². The largest absolute Gasteiger partial charge is 0.497 e. The molecule has 20 heavy (non-hydrogen) atoms. The van der Waals surface area contributed by atoms with E-state index in [1.807, 2.05) is 18.2 Å². The summed E-state index contributed by atoms with van der Waals surface area (Å²) in [4.78, 5) is 0. The fourth-order valence-electron chi connectivity index (χ4n) is 2.22. The van der Waals surface area contributed by atoms with Gasteiger partial charge >= 0.3 is 0 Å². The van der Waals surface area contributed by atoms with Gasteiger partial charge in [-0.3, -0.25) is 0 Å². The SMILES string of the molecule is COc1ccc(OC)c(C(CN)NC(C)CCCO)c1. The number of nitrogens with one attached hydrogen (secondary N) is 1. The maximum absolute atomic E-state index is 8.88. The van der Waals surface area contributed by atoms with Gasteiger partial charge in [0.05, 0.1) is 14.2 Å². The summed E-state index contributed by atoms with van der Waals surface area (Å²) < 4.78 is 10.7. The van der Waals surface area contributed by atoms with E-state index >= 15 is 0 Å². The van der Waals surface area contributed by atoms with Gasteiger partial charge in [0.2, 0.25) is 0 Å². The fraction of sp³-hybridized carbons (Fsp3) is 0.600. The molecule has 1 aromatic rings. The molecule has 0 aliphatic heterocycles. The summed E-state index contributed by atoms with van der Waals surface area (Å²) in [6.45, 7) is 2.76. The van der Waals surface area contributed by atoms with Gasteiger partial charge in [-0.1, -0.05) is 0 Å². The fourth-order valence-corrected chi connectivity index (χ4v) is 2.22. The van der Waals surface area contributed by atoms with Crippen LogP contribution in [0.15, 0.2) is 18.2 Å². The predicted molar refractivity (Wildman–Crippen MR) is 80.3 cm³/mol. The van der Waals surface area contributed by atoms with Crippen molar-refractivity contribution in [3.05, 3.63) is 23.8 Å². The highest BCUT2D eigenvalue weighted by atomic mass is 16.5. The Morgan fingerprint density at radius 3 is 2.60 bits per heavy atom. The van der Waals surface area contributed by atoms with Crippen LogP contribution in [-0.2, 0) is 0 Å². The average Bonchev–Trinajstić information content (AvgIpc) is 2.49. The molecule has 0 saturated heterocycles. The first-order valence-corrected chi connectivity index (χ1v) is 6.95. The van der Waals surface area contributed by atoms with Crippen LogP contribution >= 0.6 is 0 Å². The van der Waals surface area contributed by atoms with Crippen LogP contribution in [0.25, 0.3) is 0 Å². The zero-order chi connectivity index (χ0) is 15.0. The minimum Gasteiger partial charge on any atom is -0.497 e. The summed E-state index contributed by atoms with van der Waals surface area (Å²) in [7, 11) is 3.29. The molecule has 0 radical (unpaired) electrons. The van der Waals surface area contributed by atoms with E-state index < -0.39 is 0 Å². The first kappa shape index (κ1) is 16.8. The molecular weight excluding hydrogens is 256 g/mol. The van der Waals surface area contributed by atoms with Gasteiger partial charge in [-0.25, -0.2) is 0 Å². The number of hydrogen-bond acceptors (Lipinski definition) is 5. The molecule has 0 aliphatic carbocycles. The van der Waals surface area contributed by atoms with E-state index in [0.717, 1.165) is 29.9 Å². The molecule has 0 fully saturated rings. The van der Waals surface area contributed by atoms with Crippen molar-refractivity contribution in [3.8, 4) is 11.5 Å². The topological polar surface area (TPSA) is 76.7 Å². The molecule has 2 unspecified atom stereocenters. The lowest BCUT2D eigenvalue weighted by Crippen LogP contribution is -2.35. The summed E-state index contributed by atoms with van der Waals surface area (Å²) in [6, 6.07) is 5.96. The predicted octanol–water partition coefficient (Wildman–Crippen LogP) is 1.45. The number of aliphatic hydroxyl groups excluding tert-OH is 1. The van der Waals surface area contributed by atoms with Crippen molar-refractivity contribution < 1.29 is 14.6 Å². The minimum absolute atomic E-state index is 0.00579. The van der Waals surface area contributed by atoms with Crippen molar-refractivity contribution in [2.75, 3.05) is 27.4 Å². The first-order chi connectivity index (χ1) is 9.65. The third-order valence-corrected chi connectivity index (χ3v) is 3.33. The van der Waals surface area contributed by atoms with Crippen molar-refractivity contribution in [2.24, 2.45) is 5.73 Å². The van der Waals surface area contributed by atoms with E-state index in [9.17, 15) is 0 Å². The molecule has 5 heteroatoms. The molecule has 0 bridgehead atoms. The maximum atomic E-state index is 8.88. The number of nitrogens with two attached hydrogens (primary N) is 1. The normalized spacial score (nSPS) is 13.8. The van der Waals surface area contributed by atoms with E-state index in [2.05, 4.69) is 12.2 Å². The Labute approximate surface area is 121 Å². The zero-order valence-corrected chi connectivity index (χ0v) is 12.6. The highest BCUT2D eigenvalue weighted by Gasteiger charge is 2.17. The molecule has 4 N–H and O–H groups in total. The van der Waals surface area contributed by atoms with E-state index in [-0.39, 0.29) is 18.7 Å². The Morgan fingerprint density at radius 1 is 1.30 bits per heavy atom. The molecule has 5 nitrogen and oxygen atoms in total. The van der Waals surface area contributed by atoms with E-state index in [1.165, 1.54) is 0 Å². The lowest BCUT2D eigenvalue weighted by Gasteiger charge is -2.24. The van der Waals surface area contributed by atoms with E-state index in [0.29, 0.717) is 6.54 Å². The standard InChI is InChI=1S/C15H26N2O3/c1-11(5-4-8-18)17-14(10-16)13-9-12(19-2)6-7-15(13)20-3/h6-7,9,11,14,17-18H,4-5,8,10,16H2,1-3H3. The van der Waals surface area contributed by atoms with Crippen LogP contribution in [0.4, 0.5) is 0 Å². The zero-order valence-electron chi connectivity index (χ0n) is 12.6. The van der Waals surface area contributed by atoms with E-state index in [1.54, 1.807) is 14.2 Å². The van der Waals surface area contributed by atoms with Gasteiger partial charge in [-0.15, -0.1) is 0 Å². The quantitative estimate of drug-likeness (QED) is 0.639. The van der Waals surface area contributed by atoms with Crippen molar-refractivity contribution in [2.45, 2.75) is 31.8 Å². The summed E-state index contributed by atoms with van der Waals surface area (Å²) in [5, 5.41) is 12.4. The third-order valence-electron chi connectivity index (χ3n) is 3.33. The second kappa shape index (κ2) is 8.79. The number of rotatable bonds is 9. The van der Waals surface area contributed by atoms with Gasteiger partial charge in [0, 0.05) is 30.8 Å². The van der Waals surface area contributed by atoms with Gasteiger partial charge < -0.3 is 25.6 Å². The third kappa shape index (κ3) is 4.67. The van der Waals surface area contributed by atoms with Crippen molar-refractivity contribution >= 4 is 0 Å². The second-order valence-corrected chi connectivity index (χ2v) is 4.83. The molecule has 0 saturated carbocycles. The Hall–Kier alpha value is -1.30. The summed E-state index contributed by atoms with van der Waals surface area (Å²) in [5.74, 6) is 1.58. The lowest BCUT2D eigenvalue weighted by atomic mass is 10.0. The average molecular weight is 282 g/mol. The van der Waals surface area contributed by atoms with Crippen LogP contribution in [0.1, 0.15) is 31.4 Å². The molecule has 0 aromatic heterocycles. The highest BCUT2D eigenvalue weighted by Crippen LogP contribution is 2.29. The Kier molecular flexibility index (Phi) is 7.36. The summed E-state index contributed by atoms with van der Waals surface area (Å²) in [5.41, 5.74) is 6.88. The van der Waals surface area contributed by atoms with Gasteiger partial charge in [-0.2, -0.15) is 0 Å². The van der Waals surface area contributed by atoms with Crippen LogP contribution in [0.5, 0.6) is 11.5 Å². The molecule has 114 valence electrons. The van der Waals surface area contributed by atoms with Crippen LogP contribution in [0.3, 0.4) is 0 Å². The number of benzene rings is 1. The summed E-state index contributed by atoms with van der Waals surface area (Å²) >= 11 is 0. The van der Waals surface area contributed by atoms with E-state index in [4.69, 9.17) is 20.3 Å². The molecule has 0 heterocycles. The summed E-state index contributed by atoms with van der Waals surface area (Å²) in [6.07, 6.45) is 1.68. The Morgan fingerprint density at radius 2 is 2.05 bits per heavy atom. The van der Waals surface area contributed by atoms with Crippen LogP contribution < -0.4 is 20.5 Å². The highest BCUT2D eigenvalue weighted by molar-refractivity contribution is 5.42. The molecular formula is C15H26N2O3. The smallest absolute Gasteiger partial charge is 0.123 e. The number of ether oxygens (including phenoxy) is 2. The molecule has 1 aromatic carbocycles. The second-order valence-electron chi connectivity index (χ2n) is 4.83. The molecule has 0 amide bonds. The molecule has 0 spiro atoms. The van der Waals surface area contributed by atoms with Gasteiger partial charge in [0.15, 0.2) is 0 Å². The lowest BCUT2D eigenvalue weighted by molar-refractivity contribution is 0.273. The van der Waals surface area contributed by atoms with Crippen molar-refractivity contribution in [1.29, 1.82) is 0 Å². The molecule has 1 rings (SSSR count). The number of aliphatic hydroxyl groups is 1. The Balaban J connectivity index is 2.87. The first-order valence-electron chi connectivity index (χ1n) is 6.95. The monoisotopic (exact) mass is 282 g/mol. The van der Waals surface area contributed by atoms with Crippen LogP contribution in [-0.4, -0.2) is 38.5 Å². The van der Waals surface area contributed by atoms with Crippen molar-refractivity contribution in [1.82, 2.24) is 5.32 Å². The van der Waals surface area contributed by atoms with Crippen LogP contribution in [0.2, 0.25) is 0 Å².